The summed E-state index contributed by atoms with van der Waals surface area (Å²) in [5.41, 5.74) is 0.953. The number of benzene rings is 1. The summed E-state index contributed by atoms with van der Waals surface area (Å²) in [5, 5.41) is 3.49. The van der Waals surface area contributed by atoms with Crippen LogP contribution in [0.15, 0.2) is 55.0 Å². The smallest absolute Gasteiger partial charge is 0.417 e. The summed E-state index contributed by atoms with van der Waals surface area (Å²) in [6.07, 6.45) is 0.213. The maximum atomic E-state index is 13.3. The second kappa shape index (κ2) is 11.2. The van der Waals surface area contributed by atoms with Gasteiger partial charge in [0.25, 0.3) is 0 Å². The highest BCUT2D eigenvalue weighted by Gasteiger charge is 2.32. The van der Waals surface area contributed by atoms with E-state index in [9.17, 15) is 18.0 Å². The van der Waals surface area contributed by atoms with Crippen LogP contribution in [0.2, 0.25) is 0 Å². The van der Waals surface area contributed by atoms with Crippen molar-refractivity contribution in [1.82, 2.24) is 24.8 Å². The van der Waals surface area contributed by atoms with Gasteiger partial charge in [0.1, 0.15) is 12.3 Å². The van der Waals surface area contributed by atoms with E-state index in [0.29, 0.717) is 18.7 Å². The SMILES string of the molecule is [C-]#[N+]c1cnc(NC(C)C2CCN(C(=O)OCc3ccccc3)CC2)nc1-c1c[nH]c2ncc(C(F)(F)F)cc12. The molecule has 0 saturated carbocycles. The molecule has 0 aliphatic carbocycles. The summed E-state index contributed by atoms with van der Waals surface area (Å²) in [5.74, 6) is 0.478. The lowest BCUT2D eigenvalue weighted by Crippen LogP contribution is -2.42. The van der Waals surface area contributed by atoms with Crippen molar-refractivity contribution in [2.75, 3.05) is 18.4 Å². The molecule has 12 heteroatoms. The molecule has 0 bridgehead atoms. The number of aromatic nitrogens is 4. The molecule has 0 spiro atoms. The van der Waals surface area contributed by atoms with Crippen molar-refractivity contribution in [2.24, 2.45) is 5.92 Å². The van der Waals surface area contributed by atoms with Crippen LogP contribution in [0.1, 0.15) is 30.9 Å². The number of nitrogens with one attached hydrogen (secondary N) is 2. The van der Waals surface area contributed by atoms with Crippen LogP contribution in [0.25, 0.3) is 27.1 Å². The summed E-state index contributed by atoms with van der Waals surface area (Å²) in [6, 6.07) is 10.4. The minimum absolute atomic E-state index is 0.0596. The lowest BCUT2D eigenvalue weighted by molar-refractivity contribution is -0.137. The van der Waals surface area contributed by atoms with Crippen LogP contribution in [-0.4, -0.2) is 50.1 Å². The van der Waals surface area contributed by atoms with Crippen molar-refractivity contribution in [3.05, 3.63) is 77.5 Å². The fraction of sp³-hybridized carbons (Fsp3) is 0.321. The van der Waals surface area contributed by atoms with E-state index < -0.39 is 11.7 Å². The second-order valence-electron chi connectivity index (χ2n) is 9.66. The Hall–Kier alpha value is -4.66. The molecular weight excluding hydrogens is 523 g/mol. The Morgan fingerprint density at radius 1 is 1.23 bits per heavy atom. The Kier molecular flexibility index (Phi) is 7.55. The van der Waals surface area contributed by atoms with Gasteiger partial charge in [0.05, 0.1) is 17.8 Å². The van der Waals surface area contributed by atoms with Crippen molar-refractivity contribution in [2.45, 2.75) is 38.6 Å². The molecule has 1 atom stereocenters. The number of hydrogen-bond acceptors (Lipinski definition) is 6. The summed E-state index contributed by atoms with van der Waals surface area (Å²) < 4.78 is 45.3. The molecule has 3 aromatic heterocycles. The van der Waals surface area contributed by atoms with E-state index in [1.165, 1.54) is 12.4 Å². The van der Waals surface area contributed by atoms with Gasteiger partial charge in [0, 0.05) is 48.7 Å². The molecule has 0 radical (unpaired) electrons. The summed E-state index contributed by atoms with van der Waals surface area (Å²) >= 11 is 0. The topological polar surface area (TPSA) is 100 Å². The van der Waals surface area contributed by atoms with E-state index in [-0.39, 0.29) is 53.0 Å². The number of rotatable bonds is 6. The van der Waals surface area contributed by atoms with Gasteiger partial charge in [-0.05, 0) is 37.3 Å². The third kappa shape index (κ3) is 5.83. The van der Waals surface area contributed by atoms with Crippen molar-refractivity contribution in [1.29, 1.82) is 0 Å². The summed E-state index contributed by atoms with van der Waals surface area (Å²) in [4.78, 5) is 33.2. The number of pyridine rings is 1. The molecule has 1 saturated heterocycles. The van der Waals surface area contributed by atoms with Gasteiger partial charge in [0.15, 0.2) is 0 Å². The van der Waals surface area contributed by atoms with E-state index in [1.54, 1.807) is 4.90 Å². The molecule has 1 aliphatic rings. The molecule has 9 nitrogen and oxygen atoms in total. The third-order valence-corrected chi connectivity index (χ3v) is 7.07. The number of aromatic amines is 1. The highest BCUT2D eigenvalue weighted by molar-refractivity contribution is 5.96. The number of halogens is 3. The molecule has 1 unspecified atom stereocenters. The molecule has 206 valence electrons. The third-order valence-electron chi connectivity index (χ3n) is 7.07. The quantitative estimate of drug-likeness (QED) is 0.269. The Morgan fingerprint density at radius 2 is 1.98 bits per heavy atom. The number of anilines is 1. The van der Waals surface area contributed by atoms with Crippen LogP contribution in [0.3, 0.4) is 0 Å². The van der Waals surface area contributed by atoms with Crippen LogP contribution < -0.4 is 5.32 Å². The highest BCUT2D eigenvalue weighted by atomic mass is 19.4. The Bertz CT molecular complexity index is 1540. The van der Waals surface area contributed by atoms with E-state index in [1.807, 2.05) is 37.3 Å². The van der Waals surface area contributed by atoms with Gasteiger partial charge in [-0.2, -0.15) is 13.2 Å². The zero-order valence-electron chi connectivity index (χ0n) is 21.6. The Morgan fingerprint density at radius 3 is 2.67 bits per heavy atom. The average molecular weight is 550 g/mol. The normalized spacial score (nSPS) is 15.0. The number of H-pyrrole nitrogens is 1. The van der Waals surface area contributed by atoms with E-state index in [4.69, 9.17) is 11.3 Å². The number of fused-ring (bicyclic) bond motifs is 1. The number of ether oxygens (including phenoxy) is 1. The lowest BCUT2D eigenvalue weighted by atomic mass is 9.90. The van der Waals surface area contributed by atoms with Gasteiger partial charge in [0.2, 0.25) is 11.6 Å². The molecule has 4 heterocycles. The Labute approximate surface area is 228 Å². The zero-order chi connectivity index (χ0) is 28.3. The number of likely N-dealkylation sites (tertiary alicyclic amines) is 1. The maximum absolute atomic E-state index is 13.3. The number of carbonyl (C=O) groups excluding carboxylic acids is 1. The Balaban J connectivity index is 1.25. The summed E-state index contributed by atoms with van der Waals surface area (Å²) in [7, 11) is 0. The number of piperidine rings is 1. The first-order valence-corrected chi connectivity index (χ1v) is 12.7. The molecule has 40 heavy (non-hydrogen) atoms. The van der Waals surface area contributed by atoms with Crippen LogP contribution in [0.4, 0.5) is 29.6 Å². The number of carbonyl (C=O) groups is 1. The average Bonchev–Trinajstić information content (AvgIpc) is 3.39. The van der Waals surface area contributed by atoms with E-state index in [0.717, 1.165) is 30.7 Å². The first kappa shape index (κ1) is 26.9. The van der Waals surface area contributed by atoms with Crippen molar-refractivity contribution < 1.29 is 22.7 Å². The molecule has 1 amide bonds. The fourth-order valence-corrected chi connectivity index (χ4v) is 4.79. The first-order valence-electron chi connectivity index (χ1n) is 12.7. The van der Waals surface area contributed by atoms with Crippen molar-refractivity contribution >= 4 is 28.8 Å². The molecule has 1 fully saturated rings. The van der Waals surface area contributed by atoms with Gasteiger partial charge in [-0.15, -0.1) is 0 Å². The molecule has 4 aromatic rings. The monoisotopic (exact) mass is 549 g/mol. The molecular formula is C28H26F3N7O2. The highest BCUT2D eigenvalue weighted by Crippen LogP contribution is 2.37. The minimum Gasteiger partial charge on any atom is -0.445 e. The molecule has 5 rings (SSSR count). The van der Waals surface area contributed by atoms with Crippen LogP contribution in [-0.2, 0) is 17.5 Å². The predicted molar refractivity (Wildman–Crippen MR) is 142 cm³/mol. The van der Waals surface area contributed by atoms with Crippen LogP contribution in [0.5, 0.6) is 0 Å². The minimum atomic E-state index is -4.56. The lowest BCUT2D eigenvalue weighted by Gasteiger charge is -2.34. The van der Waals surface area contributed by atoms with E-state index in [2.05, 4.69) is 30.1 Å². The van der Waals surface area contributed by atoms with Crippen molar-refractivity contribution in [3.8, 4) is 11.3 Å². The largest absolute Gasteiger partial charge is 0.445 e. The fourth-order valence-electron chi connectivity index (χ4n) is 4.79. The standard InChI is InChI=1S/C28H26F3N7O2/c1-17(19-8-10-38(11-9-19)27(39)40-16-18-6-4-3-5-7-18)36-26-35-15-23(32-2)24(37-26)22-14-34-25-21(22)12-20(13-33-25)28(29,30)31/h3-7,12-15,17,19H,8-11,16H2,1H3,(H,33,34)(H,35,36,37). The number of amides is 1. The molecule has 2 N–H and O–H groups in total. The second-order valence-corrected chi connectivity index (χ2v) is 9.66. The van der Waals surface area contributed by atoms with Gasteiger partial charge in [-0.25, -0.2) is 24.6 Å². The first-order chi connectivity index (χ1) is 19.2. The molecule has 1 aromatic carbocycles. The van der Waals surface area contributed by atoms with Crippen LogP contribution >= 0.6 is 0 Å². The van der Waals surface area contributed by atoms with Gasteiger partial charge in [-0.3, -0.25) is 0 Å². The van der Waals surface area contributed by atoms with Crippen molar-refractivity contribution in [3.63, 3.8) is 0 Å². The molecule has 1 aliphatic heterocycles. The number of alkyl halides is 3. The maximum Gasteiger partial charge on any atom is 0.417 e. The number of nitrogens with zero attached hydrogens (tertiary/aromatic N) is 5. The number of hydrogen-bond donors (Lipinski definition) is 2. The van der Waals surface area contributed by atoms with Gasteiger partial charge in [-0.1, -0.05) is 30.3 Å². The van der Waals surface area contributed by atoms with E-state index >= 15 is 0 Å². The zero-order valence-corrected chi connectivity index (χ0v) is 21.6. The van der Waals surface area contributed by atoms with Crippen LogP contribution in [0, 0.1) is 12.5 Å². The van der Waals surface area contributed by atoms with Gasteiger partial charge >= 0.3 is 12.3 Å². The summed E-state index contributed by atoms with van der Waals surface area (Å²) in [6.45, 7) is 10.8. The predicted octanol–water partition coefficient (Wildman–Crippen LogP) is 6.44. The van der Waals surface area contributed by atoms with Gasteiger partial charge < -0.3 is 19.9 Å².